The Morgan fingerprint density at radius 3 is 2.54 bits per heavy atom. The van der Waals surface area contributed by atoms with E-state index in [2.05, 4.69) is 41.2 Å². The van der Waals surface area contributed by atoms with Crippen molar-refractivity contribution >= 4 is 11.9 Å². The van der Waals surface area contributed by atoms with E-state index in [9.17, 15) is 9.59 Å². The van der Waals surface area contributed by atoms with E-state index in [1.165, 1.54) is 5.56 Å². The van der Waals surface area contributed by atoms with Gasteiger partial charge in [-0.2, -0.15) is 0 Å². The minimum Gasteiger partial charge on any atom is -0.459 e. The molecular weight excluding hydrogens is 442 g/mol. The van der Waals surface area contributed by atoms with Crippen LogP contribution >= 0.6 is 0 Å². The minimum atomic E-state index is -0.578. The number of ether oxygens (including phenoxy) is 1. The molecule has 1 aliphatic rings. The molecule has 1 aromatic heterocycles. The topological polar surface area (TPSA) is 84.7 Å². The molecule has 0 bridgehead atoms. The summed E-state index contributed by atoms with van der Waals surface area (Å²) in [6, 6.07) is 9.93. The van der Waals surface area contributed by atoms with Gasteiger partial charge in [0.1, 0.15) is 17.9 Å². The molecule has 1 saturated heterocycles. The molecule has 1 N–H and O–H groups in total. The van der Waals surface area contributed by atoms with Gasteiger partial charge in [0.2, 0.25) is 5.91 Å². The van der Waals surface area contributed by atoms with Crippen LogP contribution < -0.4 is 5.32 Å². The number of oxazole rings is 1. The van der Waals surface area contributed by atoms with Crippen LogP contribution in [0.2, 0.25) is 0 Å². The SMILES string of the molecule is CCC[C@@H](C(C)NC(C)=O)[C@H](Cc1ccccc1)N1CC(c2ncco2)CC1C(=O)OC(C)(C)C. The van der Waals surface area contributed by atoms with Gasteiger partial charge in [0.15, 0.2) is 5.89 Å². The second kappa shape index (κ2) is 11.8. The molecule has 0 aliphatic carbocycles. The zero-order valence-corrected chi connectivity index (χ0v) is 22.0. The lowest BCUT2D eigenvalue weighted by atomic mass is 9.83. The van der Waals surface area contributed by atoms with Gasteiger partial charge in [0.05, 0.1) is 12.1 Å². The first-order chi connectivity index (χ1) is 16.6. The number of amides is 1. The van der Waals surface area contributed by atoms with Crippen molar-refractivity contribution in [2.24, 2.45) is 5.92 Å². The minimum absolute atomic E-state index is 0.000796. The summed E-state index contributed by atoms with van der Waals surface area (Å²) in [7, 11) is 0. The average molecular weight is 484 g/mol. The molecular formula is C28H41N3O4. The number of esters is 1. The van der Waals surface area contributed by atoms with Crippen LogP contribution in [0.25, 0.3) is 0 Å². The zero-order valence-electron chi connectivity index (χ0n) is 22.0. The van der Waals surface area contributed by atoms with Crippen LogP contribution in [0.1, 0.15) is 78.2 Å². The van der Waals surface area contributed by atoms with E-state index in [0.717, 1.165) is 19.3 Å². The fourth-order valence-electron chi connectivity index (χ4n) is 5.35. The molecule has 192 valence electrons. The molecule has 7 heteroatoms. The second-order valence-electron chi connectivity index (χ2n) is 10.7. The maximum absolute atomic E-state index is 13.5. The molecule has 2 heterocycles. The van der Waals surface area contributed by atoms with Gasteiger partial charge in [-0.05, 0) is 58.4 Å². The van der Waals surface area contributed by atoms with Crippen LogP contribution in [0, 0.1) is 5.92 Å². The summed E-state index contributed by atoms with van der Waals surface area (Å²) in [5.41, 5.74) is 0.626. The largest absolute Gasteiger partial charge is 0.459 e. The number of aromatic nitrogens is 1. The Hall–Kier alpha value is -2.67. The van der Waals surface area contributed by atoms with Crippen molar-refractivity contribution in [3.63, 3.8) is 0 Å². The Kier molecular flexibility index (Phi) is 9.11. The fourth-order valence-corrected chi connectivity index (χ4v) is 5.35. The summed E-state index contributed by atoms with van der Waals surface area (Å²) >= 11 is 0. The van der Waals surface area contributed by atoms with E-state index < -0.39 is 11.6 Å². The Labute approximate surface area is 209 Å². The van der Waals surface area contributed by atoms with Crippen molar-refractivity contribution in [1.82, 2.24) is 15.2 Å². The second-order valence-corrected chi connectivity index (χ2v) is 10.7. The van der Waals surface area contributed by atoms with Crippen LogP contribution in [-0.2, 0) is 20.7 Å². The third-order valence-electron chi connectivity index (χ3n) is 6.72. The molecule has 35 heavy (non-hydrogen) atoms. The van der Waals surface area contributed by atoms with Gasteiger partial charge in [-0.3, -0.25) is 14.5 Å². The summed E-state index contributed by atoms with van der Waals surface area (Å²) < 4.78 is 11.5. The van der Waals surface area contributed by atoms with Gasteiger partial charge in [-0.1, -0.05) is 43.7 Å². The lowest BCUT2D eigenvalue weighted by Crippen LogP contribution is -2.54. The summed E-state index contributed by atoms with van der Waals surface area (Å²) in [6.45, 7) is 12.1. The number of carbonyl (C=O) groups excluding carboxylic acids is 2. The number of hydrogen-bond acceptors (Lipinski definition) is 6. The first-order valence-corrected chi connectivity index (χ1v) is 12.8. The van der Waals surface area contributed by atoms with E-state index in [0.29, 0.717) is 18.9 Å². The molecule has 7 nitrogen and oxygen atoms in total. The smallest absolute Gasteiger partial charge is 0.323 e. The van der Waals surface area contributed by atoms with Gasteiger partial charge in [-0.25, -0.2) is 4.98 Å². The number of carbonyl (C=O) groups is 2. The van der Waals surface area contributed by atoms with E-state index in [-0.39, 0.29) is 35.8 Å². The predicted molar refractivity (Wildman–Crippen MR) is 136 cm³/mol. The summed E-state index contributed by atoms with van der Waals surface area (Å²) in [5.74, 6) is 0.546. The van der Waals surface area contributed by atoms with E-state index in [4.69, 9.17) is 9.15 Å². The molecule has 1 aliphatic heterocycles. The molecule has 0 saturated carbocycles. The van der Waals surface area contributed by atoms with Crippen LogP contribution in [0.5, 0.6) is 0 Å². The molecule has 1 fully saturated rings. The number of nitrogens with one attached hydrogen (secondary N) is 1. The van der Waals surface area contributed by atoms with Gasteiger partial charge in [0, 0.05) is 25.6 Å². The third-order valence-corrected chi connectivity index (χ3v) is 6.72. The maximum Gasteiger partial charge on any atom is 0.323 e. The number of benzene rings is 1. The van der Waals surface area contributed by atoms with Crippen LogP contribution in [0.15, 0.2) is 47.2 Å². The Morgan fingerprint density at radius 2 is 1.97 bits per heavy atom. The average Bonchev–Trinajstić information content (AvgIpc) is 3.45. The van der Waals surface area contributed by atoms with E-state index >= 15 is 0 Å². The normalized spacial score (nSPS) is 21.3. The Morgan fingerprint density at radius 1 is 1.26 bits per heavy atom. The number of nitrogens with zero attached hydrogens (tertiary/aromatic N) is 2. The molecule has 0 spiro atoms. The monoisotopic (exact) mass is 483 g/mol. The highest BCUT2D eigenvalue weighted by molar-refractivity contribution is 5.77. The lowest BCUT2D eigenvalue weighted by molar-refractivity contribution is -0.161. The van der Waals surface area contributed by atoms with Crippen molar-refractivity contribution < 1.29 is 18.7 Å². The molecule has 2 aromatic rings. The van der Waals surface area contributed by atoms with Crippen molar-refractivity contribution in [1.29, 1.82) is 0 Å². The zero-order chi connectivity index (χ0) is 25.6. The highest BCUT2D eigenvalue weighted by Crippen LogP contribution is 2.37. The van der Waals surface area contributed by atoms with Crippen molar-refractivity contribution in [3.05, 3.63) is 54.2 Å². The van der Waals surface area contributed by atoms with Crippen LogP contribution in [0.4, 0.5) is 0 Å². The van der Waals surface area contributed by atoms with Crippen LogP contribution in [-0.4, -0.2) is 52.0 Å². The molecule has 1 amide bonds. The van der Waals surface area contributed by atoms with Crippen molar-refractivity contribution in [3.8, 4) is 0 Å². The summed E-state index contributed by atoms with van der Waals surface area (Å²) in [4.78, 5) is 32.2. The molecule has 1 aromatic carbocycles. The maximum atomic E-state index is 13.5. The summed E-state index contributed by atoms with van der Waals surface area (Å²) in [5, 5.41) is 3.13. The number of rotatable bonds is 10. The Balaban J connectivity index is 2.01. The molecule has 3 unspecified atom stereocenters. The molecule has 3 rings (SSSR count). The molecule has 5 atom stereocenters. The third kappa shape index (κ3) is 7.40. The van der Waals surface area contributed by atoms with Gasteiger partial charge < -0.3 is 14.5 Å². The first kappa shape index (κ1) is 26.9. The standard InChI is InChI=1S/C28H41N3O4/c1-7-11-23(19(2)30-20(3)32)24(16-21-12-9-8-10-13-21)31-18-22(26-29-14-15-34-26)17-25(31)27(33)35-28(4,5)6/h8-10,12-15,19,22-25H,7,11,16-18H2,1-6H3,(H,30,32)/t19?,22?,23-,24-,25?/m0/s1. The number of likely N-dealkylation sites (tertiary alicyclic amines) is 1. The van der Waals surface area contributed by atoms with Crippen LogP contribution in [0.3, 0.4) is 0 Å². The Bertz CT molecular complexity index is 939. The van der Waals surface area contributed by atoms with Gasteiger partial charge in [-0.15, -0.1) is 0 Å². The molecule has 0 radical (unpaired) electrons. The highest BCUT2D eigenvalue weighted by Gasteiger charge is 2.46. The van der Waals surface area contributed by atoms with E-state index in [1.54, 1.807) is 19.4 Å². The highest BCUT2D eigenvalue weighted by atomic mass is 16.6. The van der Waals surface area contributed by atoms with Gasteiger partial charge in [0.25, 0.3) is 0 Å². The quantitative estimate of drug-likeness (QED) is 0.492. The van der Waals surface area contributed by atoms with Crippen molar-refractivity contribution in [2.75, 3.05) is 6.54 Å². The first-order valence-electron chi connectivity index (χ1n) is 12.8. The predicted octanol–water partition coefficient (Wildman–Crippen LogP) is 4.73. The lowest BCUT2D eigenvalue weighted by Gasteiger charge is -2.41. The van der Waals surface area contributed by atoms with E-state index in [1.807, 2.05) is 39.0 Å². The van der Waals surface area contributed by atoms with Crippen molar-refractivity contribution in [2.45, 2.75) is 96.9 Å². The fraction of sp³-hybridized carbons (Fsp3) is 0.607. The number of hydrogen-bond donors (Lipinski definition) is 1. The van der Waals surface area contributed by atoms with Gasteiger partial charge >= 0.3 is 5.97 Å². The summed E-state index contributed by atoms with van der Waals surface area (Å²) in [6.07, 6.45) is 6.51.